The number of halogens is 1. The van der Waals surface area contributed by atoms with Crippen LogP contribution >= 0.6 is 15.9 Å². The monoisotopic (exact) mass is 487 g/mol. The number of hydrogen-bond acceptors (Lipinski definition) is 3. The Bertz CT molecular complexity index is 1270. The lowest BCUT2D eigenvalue weighted by atomic mass is 10.0. The molecule has 0 unspecified atom stereocenters. The number of aryl methyl sites for hydroxylation is 1. The summed E-state index contributed by atoms with van der Waals surface area (Å²) < 4.78 is 7.13. The number of hydrazone groups is 1. The van der Waals surface area contributed by atoms with Crippen molar-refractivity contribution in [2.24, 2.45) is 5.10 Å². The van der Waals surface area contributed by atoms with Gasteiger partial charge in [0.25, 0.3) is 0 Å². The summed E-state index contributed by atoms with van der Waals surface area (Å²) >= 11 is 3.45. The van der Waals surface area contributed by atoms with Gasteiger partial charge in [-0.15, -0.1) is 0 Å². The van der Waals surface area contributed by atoms with E-state index in [4.69, 9.17) is 4.74 Å². The van der Waals surface area contributed by atoms with Crippen molar-refractivity contribution in [3.8, 4) is 5.75 Å². The van der Waals surface area contributed by atoms with E-state index in [9.17, 15) is 4.79 Å². The lowest BCUT2D eigenvalue weighted by molar-refractivity contribution is 0.252. The predicted molar refractivity (Wildman–Crippen MR) is 133 cm³/mol. The largest absolute Gasteiger partial charge is 0.488 e. The highest BCUT2D eigenvalue weighted by molar-refractivity contribution is 9.10. The number of fused-ring (bicyclic) bond motifs is 1. The lowest BCUT2D eigenvalue weighted by Gasteiger charge is -2.12. The Kier molecular flexibility index (Phi) is 6.82. The van der Waals surface area contributed by atoms with E-state index in [1.165, 1.54) is 0 Å². The molecular formula is C26H22BrN3O2. The van der Waals surface area contributed by atoms with Crippen LogP contribution in [0.15, 0.2) is 94.5 Å². The van der Waals surface area contributed by atoms with E-state index < -0.39 is 6.03 Å². The Morgan fingerprint density at radius 3 is 2.53 bits per heavy atom. The van der Waals surface area contributed by atoms with Crippen molar-refractivity contribution in [3.05, 3.63) is 106 Å². The number of benzene rings is 4. The van der Waals surface area contributed by atoms with E-state index in [1.807, 2.05) is 91.9 Å². The Balaban J connectivity index is 1.53. The zero-order valence-electron chi connectivity index (χ0n) is 17.5. The summed E-state index contributed by atoms with van der Waals surface area (Å²) in [7, 11) is 0. The molecule has 2 amide bonds. The third-order valence-electron chi connectivity index (χ3n) is 4.99. The Labute approximate surface area is 195 Å². The van der Waals surface area contributed by atoms with Crippen LogP contribution in [0.3, 0.4) is 0 Å². The minimum Gasteiger partial charge on any atom is -0.488 e. The van der Waals surface area contributed by atoms with Gasteiger partial charge in [-0.25, -0.2) is 10.2 Å². The highest BCUT2D eigenvalue weighted by atomic mass is 79.9. The number of rotatable bonds is 6. The number of nitrogens with one attached hydrogen (secondary N) is 2. The lowest BCUT2D eigenvalue weighted by Crippen LogP contribution is -2.24. The van der Waals surface area contributed by atoms with Crippen molar-refractivity contribution in [2.45, 2.75) is 13.5 Å². The molecular weight excluding hydrogens is 466 g/mol. The van der Waals surface area contributed by atoms with Crippen LogP contribution in [0.5, 0.6) is 5.75 Å². The van der Waals surface area contributed by atoms with Crippen LogP contribution in [-0.4, -0.2) is 12.2 Å². The second-order valence-corrected chi connectivity index (χ2v) is 8.17. The molecule has 4 rings (SSSR count). The topological polar surface area (TPSA) is 62.7 Å². The van der Waals surface area contributed by atoms with Crippen LogP contribution < -0.4 is 15.5 Å². The van der Waals surface area contributed by atoms with Gasteiger partial charge in [-0.05, 0) is 53.1 Å². The average molecular weight is 488 g/mol. The normalized spacial score (nSPS) is 10.9. The molecule has 2 N–H and O–H groups in total. The molecule has 0 fully saturated rings. The Morgan fingerprint density at radius 1 is 0.969 bits per heavy atom. The van der Waals surface area contributed by atoms with Gasteiger partial charge in [0.15, 0.2) is 0 Å². The maximum absolute atomic E-state index is 12.3. The van der Waals surface area contributed by atoms with Gasteiger partial charge in [-0.3, -0.25) is 0 Å². The molecule has 4 aromatic carbocycles. The maximum atomic E-state index is 12.3. The van der Waals surface area contributed by atoms with Gasteiger partial charge in [-0.2, -0.15) is 5.10 Å². The van der Waals surface area contributed by atoms with E-state index in [2.05, 4.69) is 31.8 Å². The third-order valence-corrected chi connectivity index (χ3v) is 5.52. The molecule has 0 saturated carbocycles. The predicted octanol–water partition coefficient (Wildman–Crippen LogP) is 6.65. The number of urea groups is 1. The number of ether oxygens (including phenoxy) is 1. The zero-order chi connectivity index (χ0) is 22.3. The molecule has 0 aromatic heterocycles. The molecule has 0 aliphatic carbocycles. The zero-order valence-corrected chi connectivity index (χ0v) is 19.1. The maximum Gasteiger partial charge on any atom is 0.339 e. The Hall–Kier alpha value is -3.64. The molecule has 5 nitrogen and oxygen atoms in total. The van der Waals surface area contributed by atoms with Crippen molar-refractivity contribution >= 4 is 44.6 Å². The number of carbonyl (C=O) groups is 1. The summed E-state index contributed by atoms with van der Waals surface area (Å²) in [6, 6.07) is 27.1. The highest BCUT2D eigenvalue weighted by Gasteiger charge is 2.08. The molecule has 0 atom stereocenters. The second kappa shape index (κ2) is 10.1. The molecule has 160 valence electrons. The van der Waals surface area contributed by atoms with Gasteiger partial charge in [-0.1, -0.05) is 76.6 Å². The number of hydrogen-bond donors (Lipinski definition) is 2. The van der Waals surface area contributed by atoms with Crippen LogP contribution in [0, 0.1) is 6.92 Å². The van der Waals surface area contributed by atoms with E-state index in [0.717, 1.165) is 37.6 Å². The fourth-order valence-corrected chi connectivity index (χ4v) is 3.56. The van der Waals surface area contributed by atoms with Gasteiger partial charge in [0.05, 0.1) is 6.21 Å². The quantitative estimate of drug-likeness (QED) is 0.236. The van der Waals surface area contributed by atoms with E-state index >= 15 is 0 Å². The number of carbonyl (C=O) groups excluding carboxylic acids is 1. The number of nitrogens with zero attached hydrogens (tertiary/aromatic N) is 1. The summed E-state index contributed by atoms with van der Waals surface area (Å²) in [5.41, 5.74) is 6.11. The first kappa shape index (κ1) is 21.6. The number of amides is 2. The first-order valence-corrected chi connectivity index (χ1v) is 10.9. The summed E-state index contributed by atoms with van der Waals surface area (Å²) in [6.45, 7) is 2.36. The summed E-state index contributed by atoms with van der Waals surface area (Å²) in [6.07, 6.45) is 1.62. The molecule has 0 saturated heterocycles. The molecule has 32 heavy (non-hydrogen) atoms. The van der Waals surface area contributed by atoms with E-state index in [1.54, 1.807) is 6.21 Å². The van der Waals surface area contributed by atoms with Crippen LogP contribution in [0.25, 0.3) is 10.8 Å². The van der Waals surface area contributed by atoms with Crippen LogP contribution in [0.4, 0.5) is 10.5 Å². The molecule has 4 aromatic rings. The SMILES string of the molecule is Cc1ccccc1NC(=O)NN=Cc1c(OCc2ccc(Br)cc2)ccc2ccccc12. The van der Waals surface area contributed by atoms with Gasteiger partial charge in [0, 0.05) is 15.7 Å². The minimum absolute atomic E-state index is 0.409. The summed E-state index contributed by atoms with van der Waals surface area (Å²) in [4.78, 5) is 12.3. The second-order valence-electron chi connectivity index (χ2n) is 7.25. The van der Waals surface area contributed by atoms with E-state index in [0.29, 0.717) is 12.4 Å². The molecule has 0 heterocycles. The van der Waals surface area contributed by atoms with Crippen molar-refractivity contribution < 1.29 is 9.53 Å². The summed E-state index contributed by atoms with van der Waals surface area (Å²) in [5, 5.41) is 9.03. The van der Waals surface area contributed by atoms with Crippen LogP contribution in [0.2, 0.25) is 0 Å². The standard InChI is InChI=1S/C26H22BrN3O2/c1-18-6-2-5-9-24(18)29-26(31)30-28-16-23-22-8-4-3-7-20(22)12-15-25(23)32-17-19-10-13-21(27)14-11-19/h2-16H,17H2,1H3,(H2,29,30,31). The average Bonchev–Trinajstić information content (AvgIpc) is 2.81. The summed E-state index contributed by atoms with van der Waals surface area (Å²) in [5.74, 6) is 0.691. The molecule has 0 spiro atoms. The van der Waals surface area contributed by atoms with Crippen LogP contribution in [-0.2, 0) is 6.61 Å². The molecule has 0 bridgehead atoms. The minimum atomic E-state index is -0.409. The van der Waals surface area contributed by atoms with Gasteiger partial charge >= 0.3 is 6.03 Å². The van der Waals surface area contributed by atoms with Crippen molar-refractivity contribution in [3.63, 3.8) is 0 Å². The van der Waals surface area contributed by atoms with Gasteiger partial charge in [0.2, 0.25) is 0 Å². The number of para-hydroxylation sites is 1. The van der Waals surface area contributed by atoms with Crippen LogP contribution in [0.1, 0.15) is 16.7 Å². The van der Waals surface area contributed by atoms with Gasteiger partial charge in [0.1, 0.15) is 12.4 Å². The van der Waals surface area contributed by atoms with Crippen molar-refractivity contribution in [1.82, 2.24) is 5.43 Å². The van der Waals surface area contributed by atoms with Gasteiger partial charge < -0.3 is 10.1 Å². The first-order valence-electron chi connectivity index (χ1n) is 10.1. The highest BCUT2D eigenvalue weighted by Crippen LogP contribution is 2.27. The molecule has 6 heteroatoms. The third kappa shape index (κ3) is 5.34. The molecule has 0 aliphatic heterocycles. The van der Waals surface area contributed by atoms with Crippen molar-refractivity contribution in [2.75, 3.05) is 5.32 Å². The molecule has 0 aliphatic rings. The first-order chi connectivity index (χ1) is 15.6. The van der Waals surface area contributed by atoms with Crippen molar-refractivity contribution in [1.29, 1.82) is 0 Å². The Morgan fingerprint density at radius 2 is 1.72 bits per heavy atom. The smallest absolute Gasteiger partial charge is 0.339 e. The van der Waals surface area contributed by atoms with E-state index in [-0.39, 0.29) is 0 Å². The fraction of sp³-hybridized carbons (Fsp3) is 0.0769. The molecule has 0 radical (unpaired) electrons. The fourth-order valence-electron chi connectivity index (χ4n) is 3.30. The number of anilines is 1.